The molecule has 0 aliphatic rings. The molecular formula is C23H25N3O4S. The van der Waals surface area contributed by atoms with Gasteiger partial charge in [0.25, 0.3) is 11.7 Å². The summed E-state index contributed by atoms with van der Waals surface area (Å²) in [6.45, 7) is 11.4. The standard InChI is InChI=1S/C23H25N3O4S/c1-7-30-22(29)20-15(5)24-23(31-20)25-21(28)19(27)17-11-14(4)26(16(17)6)18-9-8-12(2)10-13(18)3/h8-11H,7H2,1-6H3,(H,24,25,28). The molecule has 0 radical (unpaired) electrons. The molecule has 0 aliphatic heterocycles. The molecule has 2 heterocycles. The van der Waals surface area contributed by atoms with Crippen LogP contribution in [0.2, 0.25) is 0 Å². The molecule has 1 aromatic carbocycles. The molecule has 0 bridgehead atoms. The van der Waals surface area contributed by atoms with Crippen molar-refractivity contribution < 1.29 is 19.1 Å². The van der Waals surface area contributed by atoms with E-state index in [9.17, 15) is 14.4 Å². The summed E-state index contributed by atoms with van der Waals surface area (Å²) in [6.07, 6.45) is 0. The number of rotatable bonds is 6. The molecule has 3 rings (SSSR count). The second-order valence-electron chi connectivity index (χ2n) is 7.35. The zero-order valence-electron chi connectivity index (χ0n) is 18.5. The largest absolute Gasteiger partial charge is 0.462 e. The smallest absolute Gasteiger partial charge is 0.350 e. The highest BCUT2D eigenvalue weighted by Crippen LogP contribution is 2.26. The van der Waals surface area contributed by atoms with Gasteiger partial charge in [-0.25, -0.2) is 9.78 Å². The Morgan fingerprint density at radius 3 is 2.45 bits per heavy atom. The highest BCUT2D eigenvalue weighted by Gasteiger charge is 2.25. The molecule has 0 saturated carbocycles. The van der Waals surface area contributed by atoms with E-state index in [1.807, 2.05) is 44.4 Å². The number of anilines is 1. The Hall–Kier alpha value is -3.26. The number of nitrogens with zero attached hydrogens (tertiary/aromatic N) is 2. The minimum absolute atomic E-state index is 0.182. The zero-order chi connectivity index (χ0) is 22.9. The van der Waals surface area contributed by atoms with Gasteiger partial charge in [-0.05, 0) is 59.2 Å². The van der Waals surface area contributed by atoms with Crippen molar-refractivity contribution in [2.24, 2.45) is 0 Å². The Morgan fingerprint density at radius 2 is 1.81 bits per heavy atom. The Morgan fingerprint density at radius 1 is 1.10 bits per heavy atom. The third-order valence-electron chi connectivity index (χ3n) is 4.95. The van der Waals surface area contributed by atoms with E-state index in [0.29, 0.717) is 21.8 Å². The van der Waals surface area contributed by atoms with Crippen LogP contribution in [-0.2, 0) is 9.53 Å². The summed E-state index contributed by atoms with van der Waals surface area (Å²) < 4.78 is 6.96. The number of ether oxygens (including phenoxy) is 1. The molecule has 8 heteroatoms. The van der Waals surface area contributed by atoms with Gasteiger partial charge < -0.3 is 9.30 Å². The number of esters is 1. The molecular weight excluding hydrogens is 414 g/mol. The second-order valence-corrected chi connectivity index (χ2v) is 8.35. The third kappa shape index (κ3) is 4.44. The number of amides is 1. The van der Waals surface area contributed by atoms with Crippen LogP contribution >= 0.6 is 11.3 Å². The quantitative estimate of drug-likeness (QED) is 0.348. The topological polar surface area (TPSA) is 90.3 Å². The van der Waals surface area contributed by atoms with Crippen LogP contribution in [0.1, 0.15) is 55.2 Å². The van der Waals surface area contributed by atoms with E-state index < -0.39 is 17.7 Å². The number of benzene rings is 1. The predicted molar refractivity (Wildman–Crippen MR) is 120 cm³/mol. The van der Waals surface area contributed by atoms with E-state index in [4.69, 9.17) is 4.74 Å². The van der Waals surface area contributed by atoms with Crippen LogP contribution in [0.3, 0.4) is 0 Å². The van der Waals surface area contributed by atoms with E-state index in [1.165, 1.54) is 0 Å². The molecule has 0 fully saturated rings. The van der Waals surface area contributed by atoms with Crippen molar-refractivity contribution in [3.63, 3.8) is 0 Å². The van der Waals surface area contributed by atoms with Gasteiger partial charge in [0, 0.05) is 22.6 Å². The van der Waals surface area contributed by atoms with Crippen LogP contribution in [0.15, 0.2) is 24.3 Å². The molecule has 31 heavy (non-hydrogen) atoms. The Labute approximate surface area is 185 Å². The molecule has 1 amide bonds. The first-order valence-corrected chi connectivity index (χ1v) is 10.7. The molecule has 162 valence electrons. The first-order chi connectivity index (χ1) is 14.6. The van der Waals surface area contributed by atoms with Crippen LogP contribution in [-0.4, -0.2) is 33.8 Å². The lowest BCUT2D eigenvalue weighted by Crippen LogP contribution is -2.23. The van der Waals surface area contributed by atoms with Gasteiger partial charge in [0.1, 0.15) is 4.88 Å². The zero-order valence-corrected chi connectivity index (χ0v) is 19.3. The fraction of sp³-hybridized carbons (Fsp3) is 0.304. The van der Waals surface area contributed by atoms with Crippen LogP contribution < -0.4 is 5.32 Å². The maximum atomic E-state index is 12.9. The number of nitrogens with one attached hydrogen (secondary N) is 1. The fourth-order valence-corrected chi connectivity index (χ4v) is 4.39. The lowest BCUT2D eigenvalue weighted by molar-refractivity contribution is -0.112. The average molecular weight is 440 g/mol. The van der Waals surface area contributed by atoms with Gasteiger partial charge >= 0.3 is 5.97 Å². The average Bonchev–Trinajstić information content (AvgIpc) is 3.21. The van der Waals surface area contributed by atoms with Crippen LogP contribution in [0.4, 0.5) is 5.13 Å². The van der Waals surface area contributed by atoms with Gasteiger partial charge in [0.05, 0.1) is 12.3 Å². The lowest BCUT2D eigenvalue weighted by Gasteiger charge is -2.13. The first-order valence-electron chi connectivity index (χ1n) is 9.90. The van der Waals surface area contributed by atoms with Gasteiger partial charge in [-0.1, -0.05) is 29.0 Å². The van der Waals surface area contributed by atoms with Gasteiger partial charge in [-0.15, -0.1) is 0 Å². The summed E-state index contributed by atoms with van der Waals surface area (Å²) in [6, 6.07) is 7.82. The maximum absolute atomic E-state index is 12.9. The summed E-state index contributed by atoms with van der Waals surface area (Å²) in [5.74, 6) is -1.96. The van der Waals surface area contributed by atoms with Gasteiger partial charge in [-0.3, -0.25) is 14.9 Å². The third-order valence-corrected chi connectivity index (χ3v) is 6.01. The normalized spacial score (nSPS) is 10.8. The van der Waals surface area contributed by atoms with Gasteiger partial charge in [0.15, 0.2) is 5.13 Å². The summed E-state index contributed by atoms with van der Waals surface area (Å²) in [5.41, 5.74) is 5.51. The number of thiazole rings is 1. The van der Waals surface area contributed by atoms with Crippen molar-refractivity contribution in [3.05, 3.63) is 62.9 Å². The predicted octanol–water partition coefficient (Wildman–Crippen LogP) is 4.47. The van der Waals surface area contributed by atoms with Crippen molar-refractivity contribution in [1.29, 1.82) is 0 Å². The fourth-order valence-electron chi connectivity index (χ4n) is 3.53. The number of Topliss-reactive ketones (excluding diaryl/α,β-unsaturated/α-hetero) is 1. The Balaban J connectivity index is 1.86. The van der Waals surface area contributed by atoms with Gasteiger partial charge in [-0.2, -0.15) is 0 Å². The molecule has 3 aromatic rings. The summed E-state index contributed by atoms with van der Waals surface area (Å²) in [5, 5.41) is 2.70. The number of hydrogen-bond donors (Lipinski definition) is 1. The first kappa shape index (κ1) is 22.4. The SMILES string of the molecule is CCOC(=O)c1sc(NC(=O)C(=O)c2cc(C)n(-c3ccc(C)cc3C)c2C)nc1C. The number of aromatic nitrogens is 2. The minimum Gasteiger partial charge on any atom is -0.462 e. The van der Waals surface area contributed by atoms with E-state index in [-0.39, 0.29) is 11.7 Å². The summed E-state index contributed by atoms with van der Waals surface area (Å²) in [7, 11) is 0. The van der Waals surface area contributed by atoms with Crippen molar-refractivity contribution in [3.8, 4) is 5.69 Å². The summed E-state index contributed by atoms with van der Waals surface area (Å²) >= 11 is 0.986. The number of aryl methyl sites for hydroxylation is 4. The van der Waals surface area contributed by atoms with E-state index in [0.717, 1.165) is 33.8 Å². The highest BCUT2D eigenvalue weighted by molar-refractivity contribution is 7.17. The van der Waals surface area contributed by atoms with E-state index >= 15 is 0 Å². The van der Waals surface area contributed by atoms with Crippen LogP contribution in [0, 0.1) is 34.6 Å². The number of carbonyl (C=O) groups excluding carboxylic acids is 3. The van der Waals surface area contributed by atoms with Crippen molar-refractivity contribution in [1.82, 2.24) is 9.55 Å². The second kappa shape index (κ2) is 8.85. The molecule has 0 spiro atoms. The molecule has 2 aromatic heterocycles. The number of carbonyl (C=O) groups is 3. The lowest BCUT2D eigenvalue weighted by atomic mass is 10.1. The maximum Gasteiger partial charge on any atom is 0.350 e. The molecule has 0 saturated heterocycles. The molecule has 0 unspecified atom stereocenters. The van der Waals surface area contributed by atoms with Crippen molar-refractivity contribution in [2.75, 3.05) is 11.9 Å². The van der Waals surface area contributed by atoms with Crippen LogP contribution in [0.25, 0.3) is 5.69 Å². The molecule has 7 nitrogen and oxygen atoms in total. The molecule has 0 atom stereocenters. The molecule has 1 N–H and O–H groups in total. The Bertz CT molecular complexity index is 1190. The number of ketones is 1. The summed E-state index contributed by atoms with van der Waals surface area (Å²) in [4.78, 5) is 42.0. The monoisotopic (exact) mass is 439 g/mol. The van der Waals surface area contributed by atoms with E-state index in [1.54, 1.807) is 19.9 Å². The van der Waals surface area contributed by atoms with Crippen molar-refractivity contribution >= 4 is 34.1 Å². The van der Waals surface area contributed by atoms with E-state index in [2.05, 4.69) is 16.4 Å². The van der Waals surface area contributed by atoms with Gasteiger partial charge in [0.2, 0.25) is 0 Å². The Kier molecular flexibility index (Phi) is 6.40. The minimum atomic E-state index is -0.801. The molecule has 0 aliphatic carbocycles. The van der Waals surface area contributed by atoms with Crippen LogP contribution in [0.5, 0.6) is 0 Å². The highest BCUT2D eigenvalue weighted by atomic mass is 32.1. The number of hydrogen-bond acceptors (Lipinski definition) is 6. The van der Waals surface area contributed by atoms with Crippen molar-refractivity contribution in [2.45, 2.75) is 41.5 Å².